The Kier molecular flexibility index (Phi) is 5.79. The minimum absolute atomic E-state index is 0.00350. The molecule has 2 aromatic rings. The maximum Gasteiger partial charge on any atom is 0.255 e. The maximum absolute atomic E-state index is 12.6. The van der Waals surface area contributed by atoms with Crippen molar-refractivity contribution in [3.63, 3.8) is 0 Å². The van der Waals surface area contributed by atoms with Crippen molar-refractivity contribution in [3.8, 4) is 12.3 Å². The predicted molar refractivity (Wildman–Crippen MR) is 106 cm³/mol. The molecule has 0 radical (unpaired) electrons. The third-order valence-corrected chi connectivity index (χ3v) is 5.74. The fourth-order valence-electron chi connectivity index (χ4n) is 2.98. The van der Waals surface area contributed by atoms with Crippen LogP contribution >= 0.6 is 0 Å². The van der Waals surface area contributed by atoms with E-state index in [1.807, 2.05) is 24.3 Å². The van der Waals surface area contributed by atoms with Crippen LogP contribution < -0.4 is 14.9 Å². The van der Waals surface area contributed by atoms with Crippen LogP contribution in [0.25, 0.3) is 0 Å². The summed E-state index contributed by atoms with van der Waals surface area (Å²) in [4.78, 5) is 14.8. The molecular weight excluding hydrogens is 362 g/mol. The van der Waals surface area contributed by atoms with Gasteiger partial charge in [0, 0.05) is 30.0 Å². The summed E-state index contributed by atoms with van der Waals surface area (Å²) in [5.74, 6) is 1.85. The second-order valence-corrected chi connectivity index (χ2v) is 8.02. The molecule has 0 bridgehead atoms. The van der Waals surface area contributed by atoms with Gasteiger partial charge in [-0.15, -0.1) is 6.42 Å². The summed E-state index contributed by atoms with van der Waals surface area (Å²) in [6.07, 6.45) is 7.44. The maximum atomic E-state index is 12.6. The van der Waals surface area contributed by atoms with Gasteiger partial charge < -0.3 is 10.2 Å². The van der Waals surface area contributed by atoms with Crippen LogP contribution in [0.5, 0.6) is 0 Å². The lowest BCUT2D eigenvalue weighted by Gasteiger charge is -2.18. The first kappa shape index (κ1) is 19.0. The van der Waals surface area contributed by atoms with Crippen LogP contribution in [0.2, 0.25) is 0 Å². The molecule has 1 fully saturated rings. The van der Waals surface area contributed by atoms with Gasteiger partial charge in [0.25, 0.3) is 5.91 Å². The third kappa shape index (κ3) is 4.67. The number of carbonyl (C=O) groups excluding carboxylic acids is 1. The molecule has 0 aromatic heterocycles. The first-order valence-electron chi connectivity index (χ1n) is 8.69. The van der Waals surface area contributed by atoms with Gasteiger partial charge in [0.05, 0.1) is 11.4 Å². The molecule has 3 rings (SSSR count). The Morgan fingerprint density at radius 2 is 1.85 bits per heavy atom. The van der Waals surface area contributed by atoms with E-state index in [1.165, 1.54) is 31.0 Å². The van der Waals surface area contributed by atoms with Crippen molar-refractivity contribution in [3.05, 3.63) is 54.1 Å². The van der Waals surface area contributed by atoms with Crippen LogP contribution in [0.1, 0.15) is 23.2 Å². The summed E-state index contributed by atoms with van der Waals surface area (Å²) in [7, 11) is -3.75. The van der Waals surface area contributed by atoms with Crippen molar-refractivity contribution < 1.29 is 13.2 Å². The molecule has 1 aliphatic rings. The van der Waals surface area contributed by atoms with Gasteiger partial charge in [0.2, 0.25) is 10.0 Å². The molecule has 0 atom stereocenters. The molecule has 0 saturated carbocycles. The summed E-state index contributed by atoms with van der Waals surface area (Å²) in [5.41, 5.74) is 1.99. The number of nitrogens with one attached hydrogen (secondary N) is 2. The number of terminal acetylenes is 1. The summed E-state index contributed by atoms with van der Waals surface area (Å²) in [6, 6.07) is 13.5. The van der Waals surface area contributed by atoms with Crippen LogP contribution in [0.15, 0.2) is 53.4 Å². The van der Waals surface area contributed by atoms with Gasteiger partial charge in [-0.25, -0.2) is 8.42 Å². The monoisotopic (exact) mass is 383 g/mol. The van der Waals surface area contributed by atoms with Crippen molar-refractivity contribution in [2.24, 2.45) is 0 Å². The zero-order valence-electron chi connectivity index (χ0n) is 14.8. The fourth-order valence-corrected chi connectivity index (χ4v) is 3.96. The number of hydrogen-bond acceptors (Lipinski definition) is 4. The van der Waals surface area contributed by atoms with Crippen LogP contribution in [-0.2, 0) is 10.0 Å². The molecule has 2 aromatic carbocycles. The average molecular weight is 383 g/mol. The number of anilines is 2. The topological polar surface area (TPSA) is 78.5 Å². The molecule has 0 unspecified atom stereocenters. The summed E-state index contributed by atoms with van der Waals surface area (Å²) >= 11 is 0. The van der Waals surface area contributed by atoms with Gasteiger partial charge in [-0.2, -0.15) is 4.72 Å². The molecule has 1 amide bonds. The minimum atomic E-state index is -3.75. The number of hydrogen-bond donors (Lipinski definition) is 2. The highest BCUT2D eigenvalue weighted by Gasteiger charge is 2.16. The molecule has 0 aliphatic carbocycles. The van der Waals surface area contributed by atoms with Crippen LogP contribution in [0.4, 0.5) is 11.4 Å². The number of rotatable bonds is 6. The third-order valence-electron chi connectivity index (χ3n) is 4.35. The van der Waals surface area contributed by atoms with E-state index in [4.69, 9.17) is 6.42 Å². The van der Waals surface area contributed by atoms with Crippen molar-refractivity contribution in [2.75, 3.05) is 29.9 Å². The van der Waals surface area contributed by atoms with E-state index < -0.39 is 10.0 Å². The number of sulfonamides is 1. The van der Waals surface area contributed by atoms with E-state index in [-0.39, 0.29) is 22.9 Å². The Morgan fingerprint density at radius 3 is 2.59 bits per heavy atom. The first-order valence-corrected chi connectivity index (χ1v) is 10.2. The van der Waals surface area contributed by atoms with E-state index in [1.54, 1.807) is 6.07 Å². The van der Waals surface area contributed by atoms with Crippen molar-refractivity contribution >= 4 is 27.3 Å². The van der Waals surface area contributed by atoms with E-state index in [9.17, 15) is 13.2 Å². The molecule has 140 valence electrons. The molecule has 1 aliphatic heterocycles. The van der Waals surface area contributed by atoms with Gasteiger partial charge >= 0.3 is 0 Å². The van der Waals surface area contributed by atoms with Gasteiger partial charge in [0.15, 0.2) is 0 Å². The van der Waals surface area contributed by atoms with Crippen molar-refractivity contribution in [2.45, 2.75) is 17.7 Å². The number of benzene rings is 2. The Hall–Kier alpha value is -2.82. The Balaban J connectivity index is 1.76. The standard InChI is InChI=1S/C20H21N3O3S/c1-2-11-21-27(25,26)19-10-5-7-16(14-19)20(24)22-17-8-6-9-18(15-17)23-12-3-4-13-23/h1,5-10,14-15,21H,3-4,11-13H2,(H,22,24). The van der Waals surface area contributed by atoms with Crippen LogP contribution in [0, 0.1) is 12.3 Å². The summed E-state index contributed by atoms with van der Waals surface area (Å²) < 4.78 is 26.6. The van der Waals surface area contributed by atoms with E-state index in [2.05, 4.69) is 20.9 Å². The molecule has 1 heterocycles. The van der Waals surface area contributed by atoms with Crippen molar-refractivity contribution in [1.29, 1.82) is 0 Å². The lowest BCUT2D eigenvalue weighted by molar-refractivity contribution is 0.102. The predicted octanol–water partition coefficient (Wildman–Crippen LogP) is 2.45. The Bertz CT molecular complexity index is 974. The quantitative estimate of drug-likeness (QED) is 0.751. The second kappa shape index (κ2) is 8.25. The van der Waals surface area contributed by atoms with Gasteiger partial charge in [-0.05, 0) is 49.2 Å². The zero-order chi connectivity index (χ0) is 19.3. The normalized spacial score (nSPS) is 14.0. The van der Waals surface area contributed by atoms with Gasteiger partial charge in [-0.1, -0.05) is 18.1 Å². The molecule has 6 nitrogen and oxygen atoms in total. The van der Waals surface area contributed by atoms with Crippen LogP contribution in [-0.4, -0.2) is 34.0 Å². The molecule has 7 heteroatoms. The molecule has 1 saturated heterocycles. The molecule has 27 heavy (non-hydrogen) atoms. The van der Waals surface area contributed by atoms with Gasteiger partial charge in [-0.3, -0.25) is 4.79 Å². The lowest BCUT2D eigenvalue weighted by Crippen LogP contribution is -2.24. The minimum Gasteiger partial charge on any atom is -0.371 e. The first-order chi connectivity index (χ1) is 13.0. The molecular formula is C20H21N3O3S. The highest BCUT2D eigenvalue weighted by molar-refractivity contribution is 7.89. The highest BCUT2D eigenvalue weighted by Crippen LogP contribution is 2.23. The summed E-state index contributed by atoms with van der Waals surface area (Å²) in [6.45, 7) is 1.92. The lowest BCUT2D eigenvalue weighted by atomic mass is 10.2. The van der Waals surface area contributed by atoms with E-state index >= 15 is 0 Å². The van der Waals surface area contributed by atoms with E-state index in [0.717, 1.165) is 18.8 Å². The zero-order valence-corrected chi connectivity index (χ0v) is 15.6. The molecule has 2 N–H and O–H groups in total. The Morgan fingerprint density at radius 1 is 1.11 bits per heavy atom. The largest absolute Gasteiger partial charge is 0.371 e. The Labute approximate surface area is 159 Å². The highest BCUT2D eigenvalue weighted by atomic mass is 32.2. The summed E-state index contributed by atoms with van der Waals surface area (Å²) in [5, 5.41) is 2.83. The number of amides is 1. The second-order valence-electron chi connectivity index (χ2n) is 6.26. The SMILES string of the molecule is C#CCNS(=O)(=O)c1cccc(C(=O)Nc2cccc(N3CCCC3)c2)c1. The molecule has 0 spiro atoms. The number of nitrogens with zero attached hydrogens (tertiary/aromatic N) is 1. The van der Waals surface area contributed by atoms with Crippen LogP contribution in [0.3, 0.4) is 0 Å². The van der Waals surface area contributed by atoms with Gasteiger partial charge in [0.1, 0.15) is 0 Å². The fraction of sp³-hybridized carbons (Fsp3) is 0.250. The smallest absolute Gasteiger partial charge is 0.255 e. The average Bonchev–Trinajstić information content (AvgIpc) is 3.22. The van der Waals surface area contributed by atoms with Crippen molar-refractivity contribution in [1.82, 2.24) is 4.72 Å². The number of carbonyl (C=O) groups is 1. The van der Waals surface area contributed by atoms with E-state index in [0.29, 0.717) is 5.69 Å².